The van der Waals surface area contributed by atoms with E-state index in [0.717, 1.165) is 5.56 Å². The van der Waals surface area contributed by atoms with Gasteiger partial charge in [0.05, 0.1) is 24.0 Å². The van der Waals surface area contributed by atoms with E-state index in [1.165, 1.54) is 4.90 Å². The number of nitrogens with one attached hydrogen (secondary N) is 1. The molecule has 0 saturated carbocycles. The number of carbonyl (C=O) groups excluding carboxylic acids is 4. The van der Waals surface area contributed by atoms with E-state index < -0.39 is 47.5 Å². The number of hydrogen-bond acceptors (Lipinski definition) is 7. The topological polar surface area (TPSA) is 125 Å². The number of likely N-dealkylation sites (tertiary alicyclic amines) is 1. The van der Waals surface area contributed by atoms with E-state index in [1.807, 2.05) is 30.3 Å². The van der Waals surface area contributed by atoms with Crippen LogP contribution in [-0.4, -0.2) is 82.6 Å². The number of carbonyl (C=O) groups is 4. The Labute approximate surface area is 294 Å². The normalized spacial score (nSPS) is 26.1. The highest BCUT2D eigenvalue weighted by Gasteiger charge is 2.76. The van der Waals surface area contributed by atoms with Crippen LogP contribution in [-0.2, 0) is 28.7 Å². The maximum absolute atomic E-state index is 14.7. The second-order valence-corrected chi connectivity index (χ2v) is 13.9. The molecular formula is C36H41BrClN3O7. The molecule has 12 heteroatoms. The number of halogens is 2. The third kappa shape index (κ3) is 7.10. The van der Waals surface area contributed by atoms with Gasteiger partial charge in [-0.1, -0.05) is 70.0 Å². The summed E-state index contributed by atoms with van der Waals surface area (Å²) < 4.78 is 12.2. The Hall–Kier alpha value is -3.51. The second kappa shape index (κ2) is 15.8. The number of aliphatic hydroxyl groups is 1. The molecule has 1 spiro atoms. The monoisotopic (exact) mass is 741 g/mol. The fourth-order valence-corrected chi connectivity index (χ4v) is 8.27. The van der Waals surface area contributed by atoms with Gasteiger partial charge in [-0.25, -0.2) is 0 Å². The first-order valence-electron chi connectivity index (χ1n) is 16.2. The molecule has 3 fully saturated rings. The lowest BCUT2D eigenvalue weighted by Crippen LogP contribution is -2.57. The van der Waals surface area contributed by atoms with Crippen LogP contribution in [0.2, 0.25) is 5.02 Å². The van der Waals surface area contributed by atoms with E-state index in [1.54, 1.807) is 41.3 Å². The first-order chi connectivity index (χ1) is 23.2. The minimum atomic E-state index is -1.28. The molecule has 48 heavy (non-hydrogen) atoms. The number of nitrogens with zero attached hydrogens (tertiary/aromatic N) is 2. The predicted octanol–water partition coefficient (Wildman–Crippen LogP) is 4.75. The number of alkyl halides is 1. The number of rotatable bonds is 16. The van der Waals surface area contributed by atoms with Crippen LogP contribution >= 0.6 is 27.5 Å². The number of benzene rings is 2. The minimum absolute atomic E-state index is 0.0608. The molecule has 3 heterocycles. The van der Waals surface area contributed by atoms with Crippen molar-refractivity contribution in [3.63, 3.8) is 0 Å². The Kier molecular flexibility index (Phi) is 11.8. The zero-order valence-corrected chi connectivity index (χ0v) is 29.0. The molecular weight excluding hydrogens is 702 g/mol. The number of hydrogen-bond donors (Lipinski definition) is 2. The van der Waals surface area contributed by atoms with Crippen molar-refractivity contribution in [2.45, 2.75) is 60.7 Å². The van der Waals surface area contributed by atoms with Gasteiger partial charge in [-0.15, -0.1) is 13.2 Å². The zero-order chi connectivity index (χ0) is 34.4. The summed E-state index contributed by atoms with van der Waals surface area (Å²) in [6.45, 7) is 7.70. The molecule has 0 aliphatic carbocycles. The number of ether oxygens (including phenoxy) is 2. The van der Waals surface area contributed by atoms with Crippen LogP contribution in [0.5, 0.6) is 0 Å². The second-order valence-electron chi connectivity index (χ2n) is 12.3. The summed E-state index contributed by atoms with van der Waals surface area (Å²) in [5.74, 6) is -3.38. The Bertz CT molecular complexity index is 1510. The maximum atomic E-state index is 14.7. The van der Waals surface area contributed by atoms with Crippen molar-refractivity contribution >= 4 is 56.9 Å². The van der Waals surface area contributed by atoms with Gasteiger partial charge in [-0.2, -0.15) is 0 Å². The predicted molar refractivity (Wildman–Crippen MR) is 185 cm³/mol. The molecule has 2 aromatic rings. The van der Waals surface area contributed by atoms with Gasteiger partial charge >= 0.3 is 5.97 Å². The van der Waals surface area contributed by atoms with Gasteiger partial charge in [0.25, 0.3) is 5.91 Å². The van der Waals surface area contributed by atoms with E-state index >= 15 is 0 Å². The average molecular weight is 743 g/mol. The fourth-order valence-electron chi connectivity index (χ4n) is 7.21. The number of esters is 1. The summed E-state index contributed by atoms with van der Waals surface area (Å²) in [5.41, 5.74) is 0.0351. The summed E-state index contributed by atoms with van der Waals surface area (Å²) in [4.78, 5) is 58.5. The Balaban J connectivity index is 1.47. The van der Waals surface area contributed by atoms with Crippen molar-refractivity contribution in [2.75, 3.05) is 31.2 Å². The summed E-state index contributed by atoms with van der Waals surface area (Å²) in [6.07, 6.45) is 4.45. The molecule has 7 atom stereocenters. The number of allylic oxidation sites excluding steroid dienone is 1. The van der Waals surface area contributed by atoms with Gasteiger partial charge in [-0.3, -0.25) is 19.2 Å². The standard InChI is InChI=1S/C36H41BrClN3O7/c1-3-5-13-28(43)47-22-27(23-11-7-6-8-12-23)39-33(44)29-30-34(45)41(19-9-10-20-42)32(36(30)21-26(37)31(29)48-36)35(46)40(18-4-2)25-16-14-24(38)15-17-25/h3-4,6-8,11-12,14-17,26-27,29-32,42H,1-2,5,9-10,13,18-22H2,(H,39,44)/t26?,27-,29+,30-,31+,32+,36-/m0/s1. The molecule has 2 bridgehead atoms. The molecule has 10 nitrogen and oxygen atoms in total. The summed E-state index contributed by atoms with van der Waals surface area (Å²) >= 11 is 9.86. The molecule has 0 aromatic heterocycles. The van der Waals surface area contributed by atoms with E-state index in [2.05, 4.69) is 34.4 Å². The molecule has 3 aliphatic rings. The number of aliphatic hydroxyl groups excluding tert-OH is 1. The van der Waals surface area contributed by atoms with Crippen LogP contribution in [0.15, 0.2) is 79.9 Å². The molecule has 0 radical (unpaired) electrons. The molecule has 5 rings (SSSR count). The Morgan fingerprint density at radius 2 is 1.88 bits per heavy atom. The lowest BCUT2D eigenvalue weighted by Gasteiger charge is -2.37. The summed E-state index contributed by atoms with van der Waals surface area (Å²) in [7, 11) is 0. The molecule has 3 saturated heterocycles. The number of unbranched alkanes of at least 4 members (excludes halogenated alkanes) is 1. The largest absolute Gasteiger partial charge is 0.463 e. The smallest absolute Gasteiger partial charge is 0.306 e. The average Bonchev–Trinajstić information content (AvgIpc) is 3.68. The van der Waals surface area contributed by atoms with Gasteiger partial charge in [0.1, 0.15) is 18.2 Å². The quantitative estimate of drug-likeness (QED) is 0.110. The van der Waals surface area contributed by atoms with Crippen LogP contribution in [0.1, 0.15) is 43.7 Å². The third-order valence-electron chi connectivity index (χ3n) is 9.33. The van der Waals surface area contributed by atoms with Crippen molar-refractivity contribution in [3.05, 3.63) is 90.5 Å². The van der Waals surface area contributed by atoms with Crippen LogP contribution < -0.4 is 10.2 Å². The van der Waals surface area contributed by atoms with Gasteiger partial charge in [-0.05, 0) is 55.5 Å². The van der Waals surface area contributed by atoms with Gasteiger partial charge in [0, 0.05) is 41.7 Å². The van der Waals surface area contributed by atoms with Crippen LogP contribution in [0.25, 0.3) is 0 Å². The minimum Gasteiger partial charge on any atom is -0.463 e. The molecule has 2 aromatic carbocycles. The fraction of sp³-hybridized carbons (Fsp3) is 0.444. The molecule has 3 amide bonds. The maximum Gasteiger partial charge on any atom is 0.306 e. The molecule has 3 aliphatic heterocycles. The first kappa shape index (κ1) is 35.8. The highest BCUT2D eigenvalue weighted by Crippen LogP contribution is 2.60. The third-order valence-corrected chi connectivity index (χ3v) is 10.4. The zero-order valence-electron chi connectivity index (χ0n) is 26.6. The lowest BCUT2D eigenvalue weighted by atomic mass is 9.70. The van der Waals surface area contributed by atoms with E-state index in [9.17, 15) is 24.3 Å². The van der Waals surface area contributed by atoms with E-state index in [4.69, 9.17) is 21.1 Å². The molecule has 256 valence electrons. The van der Waals surface area contributed by atoms with Crippen molar-refractivity contribution in [1.29, 1.82) is 0 Å². The van der Waals surface area contributed by atoms with Crippen LogP contribution in [0.4, 0.5) is 5.69 Å². The van der Waals surface area contributed by atoms with E-state index in [0.29, 0.717) is 36.4 Å². The first-order valence-corrected chi connectivity index (χ1v) is 17.5. The number of amides is 3. The SMILES string of the molecule is C=CCCC(=O)OC[C@H](NC(=O)[C@H]1[C@@H]2O[C@@]3(CC2Br)[C@@H]1C(=O)N(CCCCO)[C@@H]3C(=O)N(CC=C)c1ccc(Cl)cc1)c1ccccc1. The Morgan fingerprint density at radius 1 is 1.15 bits per heavy atom. The van der Waals surface area contributed by atoms with Gasteiger partial charge in [0.15, 0.2) is 0 Å². The van der Waals surface area contributed by atoms with E-state index in [-0.39, 0.29) is 49.4 Å². The van der Waals surface area contributed by atoms with Crippen LogP contribution in [0, 0.1) is 11.8 Å². The van der Waals surface area contributed by atoms with Crippen molar-refractivity contribution in [1.82, 2.24) is 10.2 Å². The number of anilines is 1. The molecule has 2 N–H and O–H groups in total. The van der Waals surface area contributed by atoms with Crippen molar-refractivity contribution in [2.24, 2.45) is 11.8 Å². The van der Waals surface area contributed by atoms with Crippen LogP contribution in [0.3, 0.4) is 0 Å². The van der Waals surface area contributed by atoms with Gasteiger partial charge in [0.2, 0.25) is 11.8 Å². The Morgan fingerprint density at radius 3 is 2.54 bits per heavy atom. The lowest BCUT2D eigenvalue weighted by molar-refractivity contribution is -0.145. The summed E-state index contributed by atoms with van der Waals surface area (Å²) in [5, 5.41) is 13.1. The highest BCUT2D eigenvalue weighted by atomic mass is 79.9. The number of fused-ring (bicyclic) bond motifs is 1. The van der Waals surface area contributed by atoms with Gasteiger partial charge < -0.3 is 29.7 Å². The van der Waals surface area contributed by atoms with Crippen molar-refractivity contribution < 1.29 is 33.8 Å². The summed E-state index contributed by atoms with van der Waals surface area (Å²) in [6, 6.07) is 14.3. The molecule has 1 unspecified atom stereocenters. The highest BCUT2D eigenvalue weighted by molar-refractivity contribution is 9.09. The van der Waals surface area contributed by atoms with Crippen molar-refractivity contribution in [3.8, 4) is 0 Å².